The normalized spacial score (nSPS) is 16.9. The number of H-pyrrole nitrogens is 1. The third-order valence-electron chi connectivity index (χ3n) is 6.14. The minimum absolute atomic E-state index is 0.00338. The van der Waals surface area contributed by atoms with Crippen molar-refractivity contribution in [3.05, 3.63) is 46.3 Å². The highest BCUT2D eigenvalue weighted by molar-refractivity contribution is 5.82. The first-order valence-electron chi connectivity index (χ1n) is 11.5. The zero-order valence-corrected chi connectivity index (χ0v) is 20.0. The zero-order chi connectivity index (χ0) is 27.7. The first-order valence-corrected chi connectivity index (χ1v) is 11.5. The summed E-state index contributed by atoms with van der Waals surface area (Å²) in [5.41, 5.74) is -2.94. The predicted octanol–water partition coefficient (Wildman–Crippen LogP) is 2.70. The molecular formula is C22H23F6N7O3. The van der Waals surface area contributed by atoms with Crippen molar-refractivity contribution in [2.24, 2.45) is 0 Å². The van der Waals surface area contributed by atoms with Crippen molar-refractivity contribution >= 4 is 22.8 Å². The molecule has 3 aromatic heterocycles. The van der Waals surface area contributed by atoms with Gasteiger partial charge in [-0.05, 0) is 6.92 Å². The smallest absolute Gasteiger partial charge is 0.379 e. The van der Waals surface area contributed by atoms with Crippen LogP contribution >= 0.6 is 0 Å². The molecule has 1 aliphatic heterocycles. The van der Waals surface area contributed by atoms with Crippen molar-refractivity contribution in [1.29, 1.82) is 0 Å². The van der Waals surface area contributed by atoms with Gasteiger partial charge in [-0.15, -0.1) is 0 Å². The van der Waals surface area contributed by atoms with Gasteiger partial charge in [-0.3, -0.25) is 9.59 Å². The van der Waals surface area contributed by atoms with Crippen LogP contribution in [0.2, 0.25) is 0 Å². The van der Waals surface area contributed by atoms with E-state index in [4.69, 9.17) is 4.74 Å². The van der Waals surface area contributed by atoms with E-state index in [0.29, 0.717) is 19.6 Å². The van der Waals surface area contributed by atoms with Crippen LogP contribution in [0, 0.1) is 0 Å². The van der Waals surface area contributed by atoms with E-state index in [1.54, 1.807) is 16.7 Å². The molecular weight excluding hydrogens is 524 g/mol. The Morgan fingerprint density at radius 2 is 1.79 bits per heavy atom. The van der Waals surface area contributed by atoms with Crippen LogP contribution in [-0.4, -0.2) is 74.4 Å². The summed E-state index contributed by atoms with van der Waals surface area (Å²) < 4.78 is 84.8. The highest BCUT2D eigenvalue weighted by atomic mass is 19.4. The van der Waals surface area contributed by atoms with E-state index in [1.165, 1.54) is 4.57 Å². The van der Waals surface area contributed by atoms with Crippen LogP contribution in [0.15, 0.2) is 29.6 Å². The minimum atomic E-state index is -4.72. The first-order chi connectivity index (χ1) is 17.9. The molecule has 0 radical (unpaired) electrons. The van der Waals surface area contributed by atoms with E-state index >= 15 is 0 Å². The van der Waals surface area contributed by atoms with Crippen LogP contribution in [0.1, 0.15) is 24.5 Å². The SMILES string of the molecule is CC1CN(C(=O)CCOCCn2cc(C(F)(F)F)c3c(=O)[nH]ncc32)CCN1c1ncc(C(F)(F)F)cn1. The second kappa shape index (κ2) is 10.6. The molecule has 0 aromatic carbocycles. The monoisotopic (exact) mass is 547 g/mol. The number of fused-ring (bicyclic) bond motifs is 1. The Kier molecular flexibility index (Phi) is 7.62. The highest BCUT2D eigenvalue weighted by Gasteiger charge is 2.36. The lowest BCUT2D eigenvalue weighted by Crippen LogP contribution is -2.54. The van der Waals surface area contributed by atoms with Crippen LogP contribution in [0.4, 0.5) is 32.3 Å². The maximum Gasteiger partial charge on any atom is 0.419 e. The maximum atomic E-state index is 13.3. The van der Waals surface area contributed by atoms with Crippen molar-refractivity contribution in [2.45, 2.75) is 38.3 Å². The van der Waals surface area contributed by atoms with E-state index in [2.05, 4.69) is 15.1 Å². The average Bonchev–Trinajstić information content (AvgIpc) is 3.24. The summed E-state index contributed by atoms with van der Waals surface area (Å²) >= 11 is 0. The molecule has 206 valence electrons. The molecule has 1 fully saturated rings. The van der Waals surface area contributed by atoms with Gasteiger partial charge >= 0.3 is 12.4 Å². The molecule has 16 heteroatoms. The van der Waals surface area contributed by atoms with Gasteiger partial charge in [0.25, 0.3) is 5.56 Å². The molecule has 0 saturated carbocycles. The number of alkyl halides is 6. The predicted molar refractivity (Wildman–Crippen MR) is 121 cm³/mol. The number of anilines is 1. The van der Waals surface area contributed by atoms with Gasteiger partial charge in [0, 0.05) is 50.8 Å². The van der Waals surface area contributed by atoms with Gasteiger partial charge < -0.3 is 19.1 Å². The lowest BCUT2D eigenvalue weighted by molar-refractivity contribution is -0.138. The van der Waals surface area contributed by atoms with Crippen LogP contribution in [0.3, 0.4) is 0 Å². The number of amides is 1. The summed E-state index contributed by atoms with van der Waals surface area (Å²) in [7, 11) is 0. The standard InChI is InChI=1S/C22H23F6N7O3/c1-13-11-34(3-4-35(13)20-29-8-14(9-30-20)21(23,24)25)17(36)2-6-38-7-5-33-12-15(22(26,27)28)18-16(33)10-31-32-19(18)37/h8-10,12-13H,2-7,11H2,1H3,(H,32,37). The van der Waals surface area contributed by atoms with E-state index in [0.717, 1.165) is 24.8 Å². The molecule has 0 bridgehead atoms. The quantitative estimate of drug-likeness (QED) is 0.358. The molecule has 1 aliphatic rings. The Hall–Kier alpha value is -3.69. The summed E-state index contributed by atoms with van der Waals surface area (Å²) in [5, 5.41) is 5.06. The van der Waals surface area contributed by atoms with Gasteiger partial charge in [0.15, 0.2) is 0 Å². The van der Waals surface area contributed by atoms with E-state index in [1.807, 2.05) is 5.10 Å². The van der Waals surface area contributed by atoms with Crippen molar-refractivity contribution in [3.63, 3.8) is 0 Å². The number of aromatic nitrogens is 5. The first kappa shape index (κ1) is 27.3. The molecule has 1 amide bonds. The van der Waals surface area contributed by atoms with Crippen LogP contribution in [-0.2, 0) is 28.4 Å². The molecule has 38 heavy (non-hydrogen) atoms. The summed E-state index contributed by atoms with van der Waals surface area (Å²) in [6.45, 7) is 2.78. The Bertz CT molecular complexity index is 1340. The number of nitrogens with one attached hydrogen (secondary N) is 1. The summed E-state index contributed by atoms with van der Waals surface area (Å²) in [6, 6.07) is -0.244. The van der Waals surface area contributed by atoms with E-state index in [9.17, 15) is 35.9 Å². The number of nitrogens with zero attached hydrogens (tertiary/aromatic N) is 6. The number of aromatic amines is 1. The number of hydrogen-bond donors (Lipinski definition) is 1. The number of halogens is 6. The fourth-order valence-corrected chi connectivity index (χ4v) is 4.24. The van der Waals surface area contributed by atoms with Gasteiger partial charge in [0.1, 0.15) is 0 Å². The largest absolute Gasteiger partial charge is 0.419 e. The Morgan fingerprint density at radius 1 is 1.08 bits per heavy atom. The van der Waals surface area contributed by atoms with Crippen molar-refractivity contribution in [2.75, 3.05) is 37.7 Å². The number of piperazine rings is 1. The number of rotatable bonds is 7. The van der Waals surface area contributed by atoms with E-state index in [-0.39, 0.29) is 49.6 Å². The van der Waals surface area contributed by atoms with Gasteiger partial charge in [0.2, 0.25) is 11.9 Å². The van der Waals surface area contributed by atoms with Crippen molar-refractivity contribution in [1.82, 2.24) is 29.6 Å². The Balaban J connectivity index is 1.25. The zero-order valence-electron chi connectivity index (χ0n) is 20.0. The van der Waals surface area contributed by atoms with Crippen LogP contribution in [0.25, 0.3) is 10.9 Å². The Labute approximate surface area is 211 Å². The molecule has 10 nitrogen and oxygen atoms in total. The molecule has 4 heterocycles. The molecule has 1 N–H and O–H groups in total. The number of hydrogen-bond acceptors (Lipinski definition) is 7. The summed E-state index contributed by atoms with van der Waals surface area (Å²) in [5.74, 6) is -0.0596. The molecule has 1 saturated heterocycles. The molecule has 3 aromatic rings. The Morgan fingerprint density at radius 3 is 2.42 bits per heavy atom. The number of ether oxygens (including phenoxy) is 1. The number of carbonyl (C=O) groups excluding carboxylic acids is 1. The second-order valence-corrected chi connectivity index (χ2v) is 8.71. The topological polar surface area (TPSA) is 109 Å². The van der Waals surface area contributed by atoms with Gasteiger partial charge in [0.05, 0.1) is 47.9 Å². The minimum Gasteiger partial charge on any atom is -0.379 e. The van der Waals surface area contributed by atoms with Crippen molar-refractivity contribution in [3.8, 4) is 0 Å². The molecule has 1 unspecified atom stereocenters. The third kappa shape index (κ3) is 5.89. The van der Waals surface area contributed by atoms with Crippen molar-refractivity contribution < 1.29 is 35.9 Å². The number of carbonyl (C=O) groups is 1. The molecule has 0 aliphatic carbocycles. The lowest BCUT2D eigenvalue weighted by atomic mass is 10.2. The third-order valence-corrected chi connectivity index (χ3v) is 6.14. The van der Waals surface area contributed by atoms with Crippen LogP contribution < -0.4 is 10.5 Å². The molecule has 4 rings (SSSR count). The van der Waals surface area contributed by atoms with Gasteiger partial charge in [-0.1, -0.05) is 0 Å². The van der Waals surface area contributed by atoms with Gasteiger partial charge in [-0.25, -0.2) is 15.1 Å². The fourth-order valence-electron chi connectivity index (χ4n) is 4.24. The molecule has 0 spiro atoms. The lowest BCUT2D eigenvalue weighted by Gasteiger charge is -2.39. The molecule has 1 atom stereocenters. The van der Waals surface area contributed by atoms with E-state index < -0.39 is 34.4 Å². The summed E-state index contributed by atoms with van der Waals surface area (Å²) in [6.07, 6.45) is -5.81. The average molecular weight is 547 g/mol. The van der Waals surface area contributed by atoms with Gasteiger partial charge in [-0.2, -0.15) is 31.4 Å². The maximum absolute atomic E-state index is 13.3. The second-order valence-electron chi connectivity index (χ2n) is 8.71. The summed E-state index contributed by atoms with van der Waals surface area (Å²) in [4.78, 5) is 35.4. The highest BCUT2D eigenvalue weighted by Crippen LogP contribution is 2.34. The van der Waals surface area contributed by atoms with Crippen LogP contribution in [0.5, 0.6) is 0 Å². The fraction of sp³-hybridized carbons (Fsp3) is 0.500.